The van der Waals surface area contributed by atoms with E-state index in [1.54, 1.807) is 43.3 Å². The van der Waals surface area contributed by atoms with Crippen molar-refractivity contribution in [1.29, 1.82) is 0 Å². The Hall–Kier alpha value is -3.02. The number of benzene rings is 1. The number of fused-ring (bicyclic) bond motifs is 1. The standard InChI is InChI=1S/C15H11N3O3/c1-9-6-7-13(18-17-9)21-12-8-16-11-5-3-2-4-10(11)14(12)15(19)20/h2-8H,1H3,(H,19,20). The molecule has 0 saturated heterocycles. The summed E-state index contributed by atoms with van der Waals surface area (Å²) in [5, 5.41) is 17.7. The van der Waals surface area contributed by atoms with Crippen molar-refractivity contribution in [3.63, 3.8) is 0 Å². The van der Waals surface area contributed by atoms with Gasteiger partial charge in [0.05, 0.1) is 17.4 Å². The number of aromatic nitrogens is 3. The van der Waals surface area contributed by atoms with Crippen molar-refractivity contribution in [2.24, 2.45) is 0 Å². The first-order chi connectivity index (χ1) is 10.1. The molecule has 0 radical (unpaired) electrons. The van der Waals surface area contributed by atoms with Crippen LogP contribution in [-0.4, -0.2) is 26.3 Å². The van der Waals surface area contributed by atoms with Crippen molar-refractivity contribution in [3.8, 4) is 11.6 Å². The van der Waals surface area contributed by atoms with Gasteiger partial charge in [0.1, 0.15) is 5.56 Å². The first-order valence-electron chi connectivity index (χ1n) is 6.24. The number of aryl methyl sites for hydroxylation is 1. The van der Waals surface area contributed by atoms with Crippen LogP contribution in [0.3, 0.4) is 0 Å². The summed E-state index contributed by atoms with van der Waals surface area (Å²) >= 11 is 0. The van der Waals surface area contributed by atoms with Gasteiger partial charge in [-0.25, -0.2) is 4.79 Å². The Labute approximate surface area is 120 Å². The Balaban J connectivity index is 2.11. The Morgan fingerprint density at radius 2 is 1.95 bits per heavy atom. The molecule has 1 aromatic carbocycles. The SMILES string of the molecule is Cc1ccc(Oc2cnc3ccccc3c2C(=O)O)nn1. The highest BCUT2D eigenvalue weighted by molar-refractivity contribution is 6.04. The summed E-state index contributed by atoms with van der Waals surface area (Å²) in [7, 11) is 0. The van der Waals surface area contributed by atoms with E-state index >= 15 is 0 Å². The number of aromatic carboxylic acids is 1. The van der Waals surface area contributed by atoms with Crippen molar-refractivity contribution >= 4 is 16.9 Å². The fraction of sp³-hybridized carbons (Fsp3) is 0.0667. The minimum absolute atomic E-state index is 0.0583. The van der Waals surface area contributed by atoms with Gasteiger partial charge in [0.25, 0.3) is 0 Å². The van der Waals surface area contributed by atoms with E-state index in [0.29, 0.717) is 10.9 Å². The molecule has 6 heteroatoms. The second-order valence-electron chi connectivity index (χ2n) is 4.43. The highest BCUT2D eigenvalue weighted by Crippen LogP contribution is 2.29. The van der Waals surface area contributed by atoms with Gasteiger partial charge in [0.2, 0.25) is 5.88 Å². The normalized spacial score (nSPS) is 10.5. The number of rotatable bonds is 3. The number of para-hydroxylation sites is 1. The monoisotopic (exact) mass is 281 g/mol. The molecule has 2 heterocycles. The second-order valence-corrected chi connectivity index (χ2v) is 4.43. The maximum absolute atomic E-state index is 11.5. The minimum Gasteiger partial charge on any atom is -0.478 e. The maximum atomic E-state index is 11.5. The third kappa shape index (κ3) is 2.51. The molecule has 21 heavy (non-hydrogen) atoms. The summed E-state index contributed by atoms with van der Waals surface area (Å²) in [6.07, 6.45) is 1.38. The highest BCUT2D eigenvalue weighted by Gasteiger charge is 2.17. The molecule has 6 nitrogen and oxygen atoms in total. The molecule has 0 saturated carbocycles. The van der Waals surface area contributed by atoms with Crippen LogP contribution in [0.2, 0.25) is 0 Å². The summed E-state index contributed by atoms with van der Waals surface area (Å²) in [6.45, 7) is 1.80. The topological polar surface area (TPSA) is 85.2 Å². The van der Waals surface area contributed by atoms with Crippen LogP contribution in [0, 0.1) is 6.92 Å². The molecule has 104 valence electrons. The lowest BCUT2D eigenvalue weighted by molar-refractivity contribution is 0.0696. The van der Waals surface area contributed by atoms with Crippen LogP contribution in [0.4, 0.5) is 0 Å². The lowest BCUT2D eigenvalue weighted by Gasteiger charge is -2.09. The Kier molecular flexibility index (Phi) is 3.19. The predicted octanol–water partition coefficient (Wildman–Crippen LogP) is 2.82. The number of carboxylic acids is 1. The summed E-state index contributed by atoms with van der Waals surface area (Å²) in [5.41, 5.74) is 1.40. The van der Waals surface area contributed by atoms with E-state index in [1.807, 2.05) is 0 Å². The van der Waals surface area contributed by atoms with Gasteiger partial charge in [0.15, 0.2) is 5.75 Å². The van der Waals surface area contributed by atoms with Gasteiger partial charge in [-0.15, -0.1) is 5.10 Å². The first-order valence-corrected chi connectivity index (χ1v) is 6.24. The molecule has 0 atom stereocenters. The van der Waals surface area contributed by atoms with Crippen LogP contribution in [0.25, 0.3) is 10.9 Å². The molecule has 0 aliphatic carbocycles. The largest absolute Gasteiger partial charge is 0.478 e. The van der Waals surface area contributed by atoms with Gasteiger partial charge < -0.3 is 9.84 Å². The lowest BCUT2D eigenvalue weighted by Crippen LogP contribution is -2.03. The van der Waals surface area contributed by atoms with E-state index in [2.05, 4.69) is 15.2 Å². The van der Waals surface area contributed by atoms with Crippen LogP contribution in [0.1, 0.15) is 16.1 Å². The van der Waals surface area contributed by atoms with E-state index in [4.69, 9.17) is 4.74 Å². The number of carbonyl (C=O) groups is 1. The Morgan fingerprint density at radius 3 is 2.67 bits per heavy atom. The van der Waals surface area contributed by atoms with Gasteiger partial charge in [-0.1, -0.05) is 18.2 Å². The molecule has 3 aromatic rings. The quantitative estimate of drug-likeness (QED) is 0.794. The van der Waals surface area contributed by atoms with Crippen LogP contribution in [0.15, 0.2) is 42.6 Å². The number of hydrogen-bond acceptors (Lipinski definition) is 5. The lowest BCUT2D eigenvalue weighted by atomic mass is 10.1. The molecular weight excluding hydrogens is 270 g/mol. The zero-order chi connectivity index (χ0) is 14.8. The summed E-state index contributed by atoms with van der Waals surface area (Å²) in [4.78, 5) is 15.7. The van der Waals surface area contributed by atoms with Crippen molar-refractivity contribution in [3.05, 3.63) is 53.9 Å². The van der Waals surface area contributed by atoms with E-state index < -0.39 is 5.97 Å². The van der Waals surface area contributed by atoms with Crippen molar-refractivity contribution in [2.45, 2.75) is 6.92 Å². The Morgan fingerprint density at radius 1 is 1.14 bits per heavy atom. The first kappa shape index (κ1) is 13.0. The van der Waals surface area contributed by atoms with Crippen molar-refractivity contribution < 1.29 is 14.6 Å². The van der Waals surface area contributed by atoms with Gasteiger partial charge in [-0.2, -0.15) is 5.10 Å². The molecule has 2 aromatic heterocycles. The predicted molar refractivity (Wildman–Crippen MR) is 75.5 cm³/mol. The van der Waals surface area contributed by atoms with Gasteiger partial charge in [-0.3, -0.25) is 4.98 Å². The van der Waals surface area contributed by atoms with E-state index in [0.717, 1.165) is 5.69 Å². The fourth-order valence-electron chi connectivity index (χ4n) is 1.97. The number of nitrogens with zero attached hydrogens (tertiary/aromatic N) is 3. The maximum Gasteiger partial charge on any atom is 0.340 e. The van der Waals surface area contributed by atoms with E-state index in [9.17, 15) is 9.90 Å². The number of pyridine rings is 1. The summed E-state index contributed by atoms with van der Waals surface area (Å²) in [6, 6.07) is 10.4. The minimum atomic E-state index is -1.08. The summed E-state index contributed by atoms with van der Waals surface area (Å²) in [5.74, 6) is -0.719. The third-order valence-electron chi connectivity index (χ3n) is 2.94. The zero-order valence-electron chi connectivity index (χ0n) is 11.1. The Bertz CT molecular complexity index is 816. The molecule has 0 aliphatic rings. The number of ether oxygens (including phenoxy) is 1. The molecule has 0 unspecified atom stereocenters. The van der Waals surface area contributed by atoms with Crippen molar-refractivity contribution in [1.82, 2.24) is 15.2 Å². The molecule has 0 fully saturated rings. The van der Waals surface area contributed by atoms with Crippen molar-refractivity contribution in [2.75, 3.05) is 0 Å². The molecule has 1 N–H and O–H groups in total. The smallest absolute Gasteiger partial charge is 0.340 e. The number of carboxylic acid groups (broad SMARTS) is 1. The second kappa shape index (κ2) is 5.16. The molecule has 0 bridgehead atoms. The van der Waals surface area contributed by atoms with E-state index in [1.165, 1.54) is 6.20 Å². The van der Waals surface area contributed by atoms with Crippen LogP contribution >= 0.6 is 0 Å². The molecule has 0 spiro atoms. The van der Waals surface area contributed by atoms with Gasteiger partial charge in [0, 0.05) is 11.5 Å². The van der Waals surface area contributed by atoms with Gasteiger partial charge >= 0.3 is 5.97 Å². The average molecular weight is 281 g/mol. The number of hydrogen-bond donors (Lipinski definition) is 1. The molecule has 0 amide bonds. The van der Waals surface area contributed by atoms with Crippen LogP contribution in [0.5, 0.6) is 11.6 Å². The van der Waals surface area contributed by atoms with Crippen LogP contribution in [-0.2, 0) is 0 Å². The highest BCUT2D eigenvalue weighted by atomic mass is 16.5. The summed E-state index contributed by atoms with van der Waals surface area (Å²) < 4.78 is 5.52. The zero-order valence-corrected chi connectivity index (χ0v) is 11.1. The molecule has 0 aliphatic heterocycles. The molecular formula is C15H11N3O3. The fourth-order valence-corrected chi connectivity index (χ4v) is 1.97. The third-order valence-corrected chi connectivity index (χ3v) is 2.94. The van der Waals surface area contributed by atoms with Gasteiger partial charge in [-0.05, 0) is 19.1 Å². The van der Waals surface area contributed by atoms with E-state index in [-0.39, 0.29) is 17.2 Å². The average Bonchev–Trinajstić information content (AvgIpc) is 2.49. The van der Waals surface area contributed by atoms with Crippen LogP contribution < -0.4 is 4.74 Å². The molecule has 3 rings (SSSR count).